The molecule has 4 nitrogen and oxygen atoms in total. The fraction of sp³-hybridized carbons (Fsp3) is 0.176. The minimum absolute atomic E-state index is 0.00696. The van der Waals surface area contributed by atoms with Crippen LogP contribution in [0.5, 0.6) is 0 Å². The molecule has 1 aliphatic heterocycles. The molecule has 3 rings (SSSR count). The summed E-state index contributed by atoms with van der Waals surface area (Å²) in [5.41, 5.74) is 2.44. The zero-order chi connectivity index (χ0) is 15.7. The van der Waals surface area contributed by atoms with Gasteiger partial charge in [0.25, 0.3) is 5.91 Å². The van der Waals surface area contributed by atoms with Gasteiger partial charge >= 0.3 is 0 Å². The van der Waals surface area contributed by atoms with Crippen molar-refractivity contribution < 1.29 is 14.0 Å². The van der Waals surface area contributed by atoms with E-state index in [9.17, 15) is 14.0 Å². The number of nitrogens with zero attached hydrogens (tertiary/aromatic N) is 1. The molecule has 1 N–H and O–H groups in total. The molecule has 2 amide bonds. The number of rotatable bonds is 2. The summed E-state index contributed by atoms with van der Waals surface area (Å²) < 4.78 is 13.6. The van der Waals surface area contributed by atoms with Crippen LogP contribution >= 0.6 is 0 Å². The van der Waals surface area contributed by atoms with Crippen molar-refractivity contribution in [2.45, 2.75) is 12.8 Å². The van der Waals surface area contributed by atoms with Crippen LogP contribution in [0.25, 0.3) is 0 Å². The molecule has 0 unspecified atom stereocenters. The van der Waals surface area contributed by atoms with Crippen LogP contribution < -0.4 is 10.2 Å². The maximum Gasteiger partial charge on any atom is 0.258 e. The van der Waals surface area contributed by atoms with Gasteiger partial charge in [0.15, 0.2) is 0 Å². The van der Waals surface area contributed by atoms with Crippen molar-refractivity contribution in [1.29, 1.82) is 0 Å². The van der Waals surface area contributed by atoms with Crippen molar-refractivity contribution >= 4 is 23.2 Å². The summed E-state index contributed by atoms with van der Waals surface area (Å²) in [5.74, 6) is -0.961. The molecule has 0 aliphatic carbocycles. The summed E-state index contributed by atoms with van der Waals surface area (Å²) in [7, 11) is 1.73. The van der Waals surface area contributed by atoms with Crippen LogP contribution in [0.4, 0.5) is 15.8 Å². The van der Waals surface area contributed by atoms with E-state index in [1.165, 1.54) is 18.2 Å². The first-order chi connectivity index (χ1) is 10.6. The average molecular weight is 298 g/mol. The zero-order valence-electron chi connectivity index (χ0n) is 12.1. The molecule has 5 heteroatoms. The van der Waals surface area contributed by atoms with Gasteiger partial charge in [0, 0.05) is 24.8 Å². The molecule has 1 heterocycles. The molecule has 1 aliphatic rings. The van der Waals surface area contributed by atoms with Crippen molar-refractivity contribution in [3.05, 3.63) is 59.4 Å². The van der Waals surface area contributed by atoms with Gasteiger partial charge in [-0.3, -0.25) is 9.59 Å². The van der Waals surface area contributed by atoms with E-state index in [4.69, 9.17) is 0 Å². The van der Waals surface area contributed by atoms with Gasteiger partial charge in [0.2, 0.25) is 5.91 Å². The summed E-state index contributed by atoms with van der Waals surface area (Å²) in [6.45, 7) is 0. The Morgan fingerprint density at radius 3 is 2.73 bits per heavy atom. The quantitative estimate of drug-likeness (QED) is 0.926. The first kappa shape index (κ1) is 14.3. The van der Waals surface area contributed by atoms with Crippen molar-refractivity contribution in [2.75, 3.05) is 17.3 Å². The summed E-state index contributed by atoms with van der Waals surface area (Å²) >= 11 is 0. The summed E-state index contributed by atoms with van der Waals surface area (Å²) in [5, 5.41) is 2.69. The van der Waals surface area contributed by atoms with Crippen LogP contribution in [0.2, 0.25) is 0 Å². The van der Waals surface area contributed by atoms with Crippen molar-refractivity contribution in [3.8, 4) is 0 Å². The zero-order valence-corrected chi connectivity index (χ0v) is 12.1. The Morgan fingerprint density at radius 1 is 1.18 bits per heavy atom. The minimum atomic E-state index is -0.553. The van der Waals surface area contributed by atoms with E-state index in [1.54, 1.807) is 30.1 Å². The fourth-order valence-electron chi connectivity index (χ4n) is 2.58. The van der Waals surface area contributed by atoms with E-state index >= 15 is 0 Å². The molecule has 112 valence electrons. The molecule has 2 aromatic rings. The number of anilines is 2. The highest BCUT2D eigenvalue weighted by Crippen LogP contribution is 2.29. The number of aryl methyl sites for hydroxylation is 1. The lowest BCUT2D eigenvalue weighted by Gasteiger charge is -2.26. The highest BCUT2D eigenvalue weighted by atomic mass is 19.1. The van der Waals surface area contributed by atoms with E-state index < -0.39 is 11.7 Å². The largest absolute Gasteiger partial charge is 0.322 e. The molecule has 0 bridgehead atoms. The van der Waals surface area contributed by atoms with Crippen LogP contribution in [0.15, 0.2) is 42.5 Å². The lowest BCUT2D eigenvalue weighted by Crippen LogP contribution is -2.31. The van der Waals surface area contributed by atoms with Crippen molar-refractivity contribution in [1.82, 2.24) is 0 Å². The van der Waals surface area contributed by atoms with E-state index in [1.807, 2.05) is 6.07 Å². The molecular weight excluding hydrogens is 283 g/mol. The van der Waals surface area contributed by atoms with Gasteiger partial charge in [0.05, 0.1) is 5.56 Å². The molecular formula is C17H15FN2O2. The first-order valence-corrected chi connectivity index (χ1v) is 7.01. The lowest BCUT2D eigenvalue weighted by molar-refractivity contribution is -0.118. The highest BCUT2D eigenvalue weighted by molar-refractivity contribution is 6.05. The van der Waals surface area contributed by atoms with Crippen molar-refractivity contribution in [3.63, 3.8) is 0 Å². The Morgan fingerprint density at radius 2 is 1.95 bits per heavy atom. The van der Waals surface area contributed by atoms with E-state index in [0.29, 0.717) is 18.5 Å². The normalized spacial score (nSPS) is 13.7. The Hall–Kier alpha value is -2.69. The molecule has 0 spiro atoms. The van der Waals surface area contributed by atoms with E-state index in [-0.39, 0.29) is 11.5 Å². The second-order valence-electron chi connectivity index (χ2n) is 5.23. The maximum absolute atomic E-state index is 13.6. The standard InChI is InChI=1S/C17H15FN2O2/c1-20-15-8-7-12(10-11(15)6-9-16(20)21)19-17(22)13-4-2-3-5-14(13)18/h2-5,7-8,10H,6,9H2,1H3,(H,19,22). The monoisotopic (exact) mass is 298 g/mol. The fourth-order valence-corrected chi connectivity index (χ4v) is 2.58. The van der Waals surface area contributed by atoms with Gasteiger partial charge < -0.3 is 10.2 Å². The predicted molar refractivity (Wildman–Crippen MR) is 82.5 cm³/mol. The van der Waals surface area contributed by atoms with Gasteiger partial charge in [-0.1, -0.05) is 12.1 Å². The molecule has 0 saturated heterocycles. The first-order valence-electron chi connectivity index (χ1n) is 7.01. The number of carbonyl (C=O) groups excluding carboxylic acids is 2. The lowest BCUT2D eigenvalue weighted by atomic mass is 10.0. The third-order valence-corrected chi connectivity index (χ3v) is 3.80. The van der Waals surface area contributed by atoms with Crippen molar-refractivity contribution in [2.24, 2.45) is 0 Å². The van der Waals surface area contributed by atoms with Crippen LogP contribution in [-0.2, 0) is 11.2 Å². The SMILES string of the molecule is CN1C(=O)CCc2cc(NC(=O)c3ccccc3F)ccc21. The molecule has 0 radical (unpaired) electrons. The highest BCUT2D eigenvalue weighted by Gasteiger charge is 2.21. The molecule has 2 aromatic carbocycles. The van der Waals surface area contributed by atoms with Crippen LogP contribution in [0.1, 0.15) is 22.3 Å². The third kappa shape index (κ3) is 2.57. The van der Waals surface area contributed by atoms with Gasteiger partial charge in [0.1, 0.15) is 5.82 Å². The second kappa shape index (κ2) is 5.60. The molecule has 0 atom stereocenters. The molecule has 0 aromatic heterocycles. The predicted octanol–water partition coefficient (Wildman–Crippen LogP) is 2.99. The topological polar surface area (TPSA) is 49.4 Å². The maximum atomic E-state index is 13.6. The van der Waals surface area contributed by atoms with Gasteiger partial charge in [-0.05, 0) is 42.3 Å². The van der Waals surface area contributed by atoms with E-state index in [2.05, 4.69) is 5.32 Å². The van der Waals surface area contributed by atoms with Gasteiger partial charge in [-0.25, -0.2) is 4.39 Å². The smallest absolute Gasteiger partial charge is 0.258 e. The van der Waals surface area contributed by atoms with Crippen LogP contribution in [0.3, 0.4) is 0 Å². The minimum Gasteiger partial charge on any atom is -0.322 e. The summed E-state index contributed by atoms with van der Waals surface area (Å²) in [6.07, 6.45) is 1.09. The average Bonchev–Trinajstić information content (AvgIpc) is 2.51. The number of fused-ring (bicyclic) bond motifs is 1. The summed E-state index contributed by atoms with van der Waals surface area (Å²) in [4.78, 5) is 25.4. The number of hydrogen-bond donors (Lipinski definition) is 1. The molecule has 0 saturated carbocycles. The number of amides is 2. The van der Waals surface area contributed by atoms with Crippen LogP contribution in [0, 0.1) is 5.82 Å². The number of benzene rings is 2. The second-order valence-corrected chi connectivity index (χ2v) is 5.23. The molecule has 0 fully saturated rings. The van der Waals surface area contributed by atoms with Crippen LogP contribution in [-0.4, -0.2) is 18.9 Å². The number of halogens is 1. The van der Waals surface area contributed by atoms with Gasteiger partial charge in [-0.15, -0.1) is 0 Å². The number of carbonyl (C=O) groups is 2. The number of hydrogen-bond acceptors (Lipinski definition) is 2. The number of nitrogens with one attached hydrogen (secondary N) is 1. The Labute approximate surface area is 127 Å². The Bertz CT molecular complexity index is 758. The summed E-state index contributed by atoms with van der Waals surface area (Å²) in [6, 6.07) is 11.2. The Kier molecular flexibility index (Phi) is 3.63. The third-order valence-electron chi connectivity index (χ3n) is 3.80. The molecule has 22 heavy (non-hydrogen) atoms. The Balaban J connectivity index is 1.84. The van der Waals surface area contributed by atoms with E-state index in [0.717, 1.165) is 11.3 Å². The van der Waals surface area contributed by atoms with Gasteiger partial charge in [-0.2, -0.15) is 0 Å².